The van der Waals surface area contributed by atoms with Crippen LogP contribution in [0.2, 0.25) is 15.1 Å². The highest BCUT2D eigenvalue weighted by molar-refractivity contribution is 6.33. The molecule has 3 heterocycles. The zero-order chi connectivity index (χ0) is 39.7. The molecule has 0 spiro atoms. The van der Waals surface area contributed by atoms with Crippen LogP contribution in [0.3, 0.4) is 0 Å². The van der Waals surface area contributed by atoms with Gasteiger partial charge in [0.25, 0.3) is 11.8 Å². The number of carbonyl (C=O) groups excluding carboxylic acids is 4. The van der Waals surface area contributed by atoms with Gasteiger partial charge in [-0.25, -0.2) is 4.98 Å². The fourth-order valence-corrected chi connectivity index (χ4v) is 9.38. The van der Waals surface area contributed by atoms with Crippen molar-refractivity contribution in [2.45, 2.75) is 30.4 Å². The number of ether oxygens (including phenoxy) is 1. The maximum Gasteiger partial charge on any atom is 0.417 e. The molecule has 288 valence electrons. The fourth-order valence-electron chi connectivity index (χ4n) is 8.92. The van der Waals surface area contributed by atoms with Crippen molar-refractivity contribution >= 4 is 69.9 Å². The SMILES string of the molecule is O=C1C2CC3C(=CCC4C(=O)N(c5ccc(Cl)cc5)C(=O)C43)C(c3ccc(OCCO)cc3)C2(c2ccc(Cl)cc2)C(=O)N1Nc1ncc(C(F)(F)F)cc1Cl. The van der Waals surface area contributed by atoms with Crippen LogP contribution < -0.4 is 15.1 Å². The molecule has 4 aromatic rings. The van der Waals surface area contributed by atoms with E-state index in [-0.39, 0.29) is 31.9 Å². The van der Waals surface area contributed by atoms with Crippen LogP contribution in [0.15, 0.2) is 96.7 Å². The number of rotatable bonds is 8. The molecule has 6 atom stereocenters. The van der Waals surface area contributed by atoms with Gasteiger partial charge in [-0.2, -0.15) is 18.2 Å². The number of amides is 4. The van der Waals surface area contributed by atoms with E-state index in [0.717, 1.165) is 9.91 Å². The van der Waals surface area contributed by atoms with Crippen LogP contribution in [0, 0.1) is 23.7 Å². The second kappa shape index (κ2) is 14.2. The number of allylic oxidation sites excluding steroid dienone is 2. The van der Waals surface area contributed by atoms with Crippen LogP contribution in [-0.4, -0.2) is 51.9 Å². The third kappa shape index (κ3) is 6.03. The number of aliphatic hydroxyl groups is 1. The van der Waals surface area contributed by atoms with Gasteiger partial charge in [0.1, 0.15) is 12.4 Å². The standard InChI is InChI=1S/C40H30Cl3F3N4O6/c41-23-5-3-21(4-6-23)39-30(36(53)50(38(39)55)48-34-31(43)17-22(19-47-34)40(44,45)46)18-29-27(33(39)20-1-11-26(12-2-20)56-16-15-51)13-14-28-32(29)37(54)49(35(28)52)25-9-7-24(42)8-10-25/h1-13,17,19,28-30,32-33,51H,14-16,18H2,(H,47,48). The van der Waals surface area contributed by atoms with Gasteiger partial charge in [0, 0.05) is 22.2 Å². The number of anilines is 2. The van der Waals surface area contributed by atoms with E-state index in [1.165, 1.54) is 0 Å². The minimum atomic E-state index is -4.75. The predicted molar refractivity (Wildman–Crippen MR) is 200 cm³/mol. The van der Waals surface area contributed by atoms with Gasteiger partial charge in [-0.3, -0.25) is 29.5 Å². The Morgan fingerprint density at radius 3 is 2.16 bits per heavy atom. The lowest BCUT2D eigenvalue weighted by molar-refractivity contribution is -0.139. The van der Waals surface area contributed by atoms with E-state index in [2.05, 4.69) is 10.4 Å². The second-order valence-corrected chi connectivity index (χ2v) is 15.3. The number of nitrogens with one attached hydrogen (secondary N) is 1. The maximum atomic E-state index is 15.3. The van der Waals surface area contributed by atoms with Crippen molar-refractivity contribution in [3.8, 4) is 5.75 Å². The van der Waals surface area contributed by atoms with Crippen molar-refractivity contribution in [3.63, 3.8) is 0 Å². The number of pyridine rings is 1. The number of hydrogen-bond donors (Lipinski definition) is 2. The van der Waals surface area contributed by atoms with E-state index >= 15 is 4.79 Å². The smallest absolute Gasteiger partial charge is 0.417 e. The lowest BCUT2D eigenvalue weighted by atomic mass is 9.49. The Morgan fingerprint density at radius 1 is 0.875 bits per heavy atom. The van der Waals surface area contributed by atoms with E-state index < -0.39 is 75.4 Å². The van der Waals surface area contributed by atoms with Crippen molar-refractivity contribution in [1.82, 2.24) is 9.99 Å². The Hall–Kier alpha value is -4.95. The normalized spacial score (nSPS) is 25.8. The van der Waals surface area contributed by atoms with Gasteiger partial charge in [-0.1, -0.05) is 70.7 Å². The van der Waals surface area contributed by atoms with Crippen molar-refractivity contribution in [2.75, 3.05) is 23.5 Å². The Balaban J connectivity index is 1.29. The van der Waals surface area contributed by atoms with E-state index in [4.69, 9.17) is 39.5 Å². The minimum absolute atomic E-state index is 0.0320. The summed E-state index contributed by atoms with van der Waals surface area (Å²) in [6.07, 6.45) is -2.18. The van der Waals surface area contributed by atoms with E-state index in [0.29, 0.717) is 50.4 Å². The Bertz CT molecular complexity index is 2290. The summed E-state index contributed by atoms with van der Waals surface area (Å²) < 4.78 is 46.1. The van der Waals surface area contributed by atoms with Crippen LogP contribution in [0.5, 0.6) is 5.75 Å². The highest BCUT2D eigenvalue weighted by Gasteiger charge is 2.70. The molecular formula is C40H30Cl3F3N4O6. The molecule has 0 radical (unpaired) electrons. The van der Waals surface area contributed by atoms with E-state index in [1.807, 2.05) is 6.08 Å². The summed E-state index contributed by atoms with van der Waals surface area (Å²) in [6, 6.07) is 20.3. The third-order valence-electron chi connectivity index (χ3n) is 11.2. The summed E-state index contributed by atoms with van der Waals surface area (Å²) in [4.78, 5) is 63.6. The van der Waals surface area contributed by atoms with E-state index in [1.54, 1.807) is 72.8 Å². The molecule has 8 rings (SSSR count). The summed E-state index contributed by atoms with van der Waals surface area (Å²) in [6.45, 7) is -0.190. The molecule has 0 bridgehead atoms. The topological polar surface area (TPSA) is 129 Å². The molecular weight excluding hydrogens is 796 g/mol. The van der Waals surface area contributed by atoms with Crippen LogP contribution in [0.25, 0.3) is 0 Å². The zero-order valence-electron chi connectivity index (χ0n) is 29.0. The van der Waals surface area contributed by atoms with Crippen molar-refractivity contribution in [3.05, 3.63) is 128 Å². The van der Waals surface area contributed by atoms with Crippen LogP contribution >= 0.6 is 34.8 Å². The molecule has 2 aliphatic carbocycles. The number of benzene rings is 3. The number of hydrazine groups is 1. The summed E-state index contributed by atoms with van der Waals surface area (Å²) in [5, 5.41) is 10.4. The first kappa shape index (κ1) is 37.9. The quantitative estimate of drug-likeness (QED) is 0.137. The van der Waals surface area contributed by atoms with Crippen LogP contribution in [-0.2, 0) is 30.8 Å². The lowest BCUT2D eigenvalue weighted by Gasteiger charge is -2.50. The monoisotopic (exact) mass is 824 g/mol. The number of halogens is 6. The van der Waals surface area contributed by atoms with Crippen LogP contribution in [0.1, 0.15) is 35.4 Å². The number of carbonyl (C=O) groups is 4. The van der Waals surface area contributed by atoms with Crippen molar-refractivity contribution < 1.29 is 42.2 Å². The molecule has 1 aromatic heterocycles. The molecule has 2 aliphatic heterocycles. The zero-order valence-corrected chi connectivity index (χ0v) is 31.2. The number of aliphatic hydroxyl groups excluding tert-OH is 1. The predicted octanol–water partition coefficient (Wildman–Crippen LogP) is 7.62. The van der Waals surface area contributed by atoms with Gasteiger partial charge in [0.05, 0.1) is 46.0 Å². The second-order valence-electron chi connectivity index (χ2n) is 14.0. The first-order valence-corrected chi connectivity index (χ1v) is 18.7. The van der Waals surface area contributed by atoms with Gasteiger partial charge in [-0.05, 0) is 84.5 Å². The fraction of sp³-hybridized carbons (Fsp3) is 0.275. The Labute approximate surface area is 332 Å². The summed E-state index contributed by atoms with van der Waals surface area (Å²) in [5.74, 6) is -6.64. The Morgan fingerprint density at radius 2 is 1.54 bits per heavy atom. The average molecular weight is 826 g/mol. The first-order chi connectivity index (χ1) is 26.7. The van der Waals surface area contributed by atoms with Gasteiger partial charge in [-0.15, -0.1) is 0 Å². The molecule has 10 nitrogen and oxygen atoms in total. The minimum Gasteiger partial charge on any atom is -0.491 e. The molecule has 4 aliphatic rings. The molecule has 2 saturated heterocycles. The first-order valence-electron chi connectivity index (χ1n) is 17.6. The summed E-state index contributed by atoms with van der Waals surface area (Å²) >= 11 is 18.7. The number of hydrogen-bond acceptors (Lipinski definition) is 8. The summed E-state index contributed by atoms with van der Waals surface area (Å²) in [7, 11) is 0. The molecule has 16 heteroatoms. The number of imide groups is 2. The highest BCUT2D eigenvalue weighted by atomic mass is 35.5. The van der Waals surface area contributed by atoms with Crippen molar-refractivity contribution in [1.29, 1.82) is 0 Å². The largest absolute Gasteiger partial charge is 0.491 e. The van der Waals surface area contributed by atoms with Crippen LogP contribution in [0.4, 0.5) is 24.7 Å². The number of fused-ring (bicyclic) bond motifs is 4. The summed E-state index contributed by atoms with van der Waals surface area (Å²) in [5.41, 5.74) is 1.83. The molecule has 2 N–H and O–H groups in total. The Kier molecular flexibility index (Phi) is 9.63. The van der Waals surface area contributed by atoms with Crippen molar-refractivity contribution in [2.24, 2.45) is 23.7 Å². The average Bonchev–Trinajstić information content (AvgIpc) is 3.55. The van der Waals surface area contributed by atoms with Gasteiger partial charge < -0.3 is 9.84 Å². The number of alkyl halides is 3. The van der Waals surface area contributed by atoms with Gasteiger partial charge in [0.15, 0.2) is 5.82 Å². The molecule has 1 saturated carbocycles. The number of nitrogens with zero attached hydrogens (tertiary/aromatic N) is 3. The highest BCUT2D eigenvalue weighted by Crippen LogP contribution is 2.64. The molecule has 4 amide bonds. The van der Waals surface area contributed by atoms with Gasteiger partial charge in [0.2, 0.25) is 11.8 Å². The number of aromatic nitrogens is 1. The third-order valence-corrected chi connectivity index (χ3v) is 12.0. The molecule has 6 unspecified atom stereocenters. The lowest BCUT2D eigenvalue weighted by Crippen LogP contribution is -2.53. The molecule has 56 heavy (non-hydrogen) atoms. The maximum absolute atomic E-state index is 15.3. The van der Waals surface area contributed by atoms with Gasteiger partial charge >= 0.3 is 6.18 Å². The molecule has 3 fully saturated rings. The van der Waals surface area contributed by atoms with E-state index in [9.17, 15) is 32.7 Å². The molecule has 3 aromatic carbocycles.